The molecule has 2 heterocycles. The van der Waals surface area contributed by atoms with Crippen molar-refractivity contribution in [2.45, 2.75) is 25.8 Å². The Bertz CT molecular complexity index is 433. The molecule has 4 heteroatoms. The number of rotatable bonds is 4. The maximum Gasteiger partial charge on any atom is 0.231 e. The molecule has 3 rings (SSSR count). The van der Waals surface area contributed by atoms with E-state index < -0.39 is 0 Å². The Kier molecular flexibility index (Phi) is 3.39. The molecule has 98 valence electrons. The van der Waals surface area contributed by atoms with Crippen molar-refractivity contribution < 1.29 is 14.2 Å². The van der Waals surface area contributed by atoms with Gasteiger partial charge in [-0.25, -0.2) is 0 Å². The lowest BCUT2D eigenvalue weighted by Crippen LogP contribution is -2.32. The summed E-state index contributed by atoms with van der Waals surface area (Å²) in [6.07, 6.45) is 2.09. The molecule has 4 nitrogen and oxygen atoms in total. The zero-order valence-corrected chi connectivity index (χ0v) is 10.7. The summed E-state index contributed by atoms with van der Waals surface area (Å²) in [5, 5.41) is 3.50. The van der Waals surface area contributed by atoms with Gasteiger partial charge >= 0.3 is 0 Å². The minimum Gasteiger partial charge on any atom is -0.454 e. The van der Waals surface area contributed by atoms with Crippen molar-refractivity contribution in [2.24, 2.45) is 0 Å². The lowest BCUT2D eigenvalue weighted by molar-refractivity contribution is 0.110. The Morgan fingerprint density at radius 3 is 3.00 bits per heavy atom. The Hall–Kier alpha value is -1.26. The summed E-state index contributed by atoms with van der Waals surface area (Å²) in [5.41, 5.74) is 2.64. The third kappa shape index (κ3) is 2.18. The van der Waals surface area contributed by atoms with E-state index in [0.29, 0.717) is 6.79 Å². The number of nitrogens with one attached hydrogen (secondary N) is 1. The molecule has 1 aromatic carbocycles. The van der Waals surface area contributed by atoms with Gasteiger partial charge in [-0.15, -0.1) is 0 Å². The predicted molar refractivity (Wildman–Crippen MR) is 68.1 cm³/mol. The smallest absolute Gasteiger partial charge is 0.231 e. The fourth-order valence-corrected chi connectivity index (χ4v) is 2.53. The molecule has 0 amide bonds. The number of hydrogen-bond acceptors (Lipinski definition) is 4. The quantitative estimate of drug-likeness (QED) is 0.829. The molecule has 0 fully saturated rings. The van der Waals surface area contributed by atoms with Gasteiger partial charge in [0, 0.05) is 6.61 Å². The van der Waals surface area contributed by atoms with Crippen LogP contribution in [0.25, 0.3) is 0 Å². The van der Waals surface area contributed by atoms with Crippen LogP contribution in [-0.4, -0.2) is 26.6 Å². The fraction of sp³-hybridized carbons (Fsp3) is 0.571. The standard InChI is InChI=1S/C14H19NO3/c1-2-5-16-8-12-11-7-14-13(17-9-18-14)6-10(11)3-4-15-12/h6-7,12,15H,2-5,8-9H2,1H3. The van der Waals surface area contributed by atoms with Crippen molar-refractivity contribution in [3.8, 4) is 11.5 Å². The van der Waals surface area contributed by atoms with E-state index in [1.54, 1.807) is 0 Å². The first-order valence-electron chi connectivity index (χ1n) is 6.62. The lowest BCUT2D eigenvalue weighted by Gasteiger charge is -2.27. The molecule has 1 unspecified atom stereocenters. The van der Waals surface area contributed by atoms with Crippen LogP contribution in [0.2, 0.25) is 0 Å². The average Bonchev–Trinajstić information content (AvgIpc) is 2.84. The molecule has 1 atom stereocenters. The van der Waals surface area contributed by atoms with Crippen molar-refractivity contribution >= 4 is 0 Å². The summed E-state index contributed by atoms with van der Waals surface area (Å²) in [7, 11) is 0. The van der Waals surface area contributed by atoms with Crippen molar-refractivity contribution in [3.05, 3.63) is 23.3 Å². The van der Waals surface area contributed by atoms with E-state index >= 15 is 0 Å². The normalized spacial score (nSPS) is 20.8. The predicted octanol–water partition coefficient (Wildman–Crippen LogP) is 2.03. The van der Waals surface area contributed by atoms with Crippen molar-refractivity contribution in [2.75, 3.05) is 26.6 Å². The van der Waals surface area contributed by atoms with Crippen LogP contribution in [0.15, 0.2) is 12.1 Å². The van der Waals surface area contributed by atoms with Crippen LogP contribution < -0.4 is 14.8 Å². The molecule has 0 spiro atoms. The van der Waals surface area contributed by atoms with Crippen LogP contribution in [-0.2, 0) is 11.2 Å². The minimum atomic E-state index is 0.273. The summed E-state index contributed by atoms with van der Waals surface area (Å²) in [5.74, 6) is 1.74. The largest absolute Gasteiger partial charge is 0.454 e. The topological polar surface area (TPSA) is 39.7 Å². The van der Waals surface area contributed by atoms with Gasteiger partial charge in [-0.2, -0.15) is 0 Å². The van der Waals surface area contributed by atoms with E-state index in [2.05, 4.69) is 24.4 Å². The highest BCUT2D eigenvalue weighted by Gasteiger charge is 2.24. The van der Waals surface area contributed by atoms with Gasteiger partial charge < -0.3 is 19.5 Å². The third-order valence-electron chi connectivity index (χ3n) is 3.43. The summed E-state index contributed by atoms with van der Waals surface area (Å²) in [6, 6.07) is 4.49. The van der Waals surface area contributed by atoms with Crippen molar-refractivity contribution in [1.82, 2.24) is 5.32 Å². The van der Waals surface area contributed by atoms with Crippen LogP contribution in [0, 0.1) is 0 Å². The van der Waals surface area contributed by atoms with Crippen LogP contribution in [0.4, 0.5) is 0 Å². The van der Waals surface area contributed by atoms with Crippen LogP contribution >= 0.6 is 0 Å². The van der Waals surface area contributed by atoms with E-state index in [0.717, 1.165) is 44.1 Å². The average molecular weight is 249 g/mol. The summed E-state index contributed by atoms with van der Waals surface area (Å²) >= 11 is 0. The Morgan fingerprint density at radius 2 is 2.17 bits per heavy atom. The Balaban J connectivity index is 1.81. The molecule has 18 heavy (non-hydrogen) atoms. The summed E-state index contributed by atoms with van der Waals surface area (Å²) in [4.78, 5) is 0. The monoisotopic (exact) mass is 249 g/mol. The van der Waals surface area contributed by atoms with E-state index in [4.69, 9.17) is 14.2 Å². The molecule has 2 aliphatic rings. The maximum atomic E-state index is 5.66. The minimum absolute atomic E-state index is 0.273. The van der Waals surface area contributed by atoms with Gasteiger partial charge in [0.25, 0.3) is 0 Å². The first kappa shape index (κ1) is 11.8. The zero-order chi connectivity index (χ0) is 12.4. The number of benzene rings is 1. The molecule has 0 saturated carbocycles. The Morgan fingerprint density at radius 1 is 1.33 bits per heavy atom. The number of ether oxygens (including phenoxy) is 3. The van der Waals surface area contributed by atoms with Gasteiger partial charge in [0.15, 0.2) is 11.5 Å². The van der Waals surface area contributed by atoms with E-state index in [1.807, 2.05) is 0 Å². The van der Waals surface area contributed by atoms with Crippen molar-refractivity contribution in [3.63, 3.8) is 0 Å². The van der Waals surface area contributed by atoms with Crippen LogP contribution in [0.3, 0.4) is 0 Å². The second-order valence-electron chi connectivity index (χ2n) is 4.74. The van der Waals surface area contributed by atoms with Gasteiger partial charge in [-0.3, -0.25) is 0 Å². The molecule has 0 saturated heterocycles. The zero-order valence-electron chi connectivity index (χ0n) is 10.7. The second kappa shape index (κ2) is 5.16. The van der Waals surface area contributed by atoms with Gasteiger partial charge in [-0.1, -0.05) is 6.92 Å². The van der Waals surface area contributed by atoms with Gasteiger partial charge in [0.2, 0.25) is 6.79 Å². The molecule has 0 bridgehead atoms. The molecule has 1 N–H and O–H groups in total. The van der Waals surface area contributed by atoms with Crippen LogP contribution in [0.1, 0.15) is 30.5 Å². The van der Waals surface area contributed by atoms with Gasteiger partial charge in [-0.05, 0) is 42.6 Å². The molecule has 0 aromatic heterocycles. The first-order valence-corrected chi connectivity index (χ1v) is 6.62. The van der Waals surface area contributed by atoms with Gasteiger partial charge in [0.1, 0.15) is 0 Å². The molecular weight excluding hydrogens is 230 g/mol. The highest BCUT2D eigenvalue weighted by molar-refractivity contribution is 5.50. The maximum absolute atomic E-state index is 5.66. The van der Waals surface area contributed by atoms with E-state index in [1.165, 1.54) is 11.1 Å². The third-order valence-corrected chi connectivity index (χ3v) is 3.43. The Labute approximate surface area is 107 Å². The second-order valence-corrected chi connectivity index (χ2v) is 4.74. The number of fused-ring (bicyclic) bond motifs is 2. The number of hydrogen-bond donors (Lipinski definition) is 1. The van der Waals surface area contributed by atoms with Gasteiger partial charge in [0.05, 0.1) is 12.6 Å². The van der Waals surface area contributed by atoms with E-state index in [-0.39, 0.29) is 6.04 Å². The highest BCUT2D eigenvalue weighted by Crippen LogP contribution is 2.38. The molecule has 2 aliphatic heterocycles. The van der Waals surface area contributed by atoms with Crippen molar-refractivity contribution in [1.29, 1.82) is 0 Å². The molecular formula is C14H19NO3. The lowest BCUT2D eigenvalue weighted by atomic mass is 9.94. The molecule has 0 aliphatic carbocycles. The first-order chi connectivity index (χ1) is 8.88. The summed E-state index contributed by atoms with van der Waals surface area (Å²) in [6.45, 7) is 4.99. The SMILES string of the molecule is CCCOCC1NCCc2cc3c(cc21)OCO3. The molecule has 1 aromatic rings. The van der Waals surface area contributed by atoms with E-state index in [9.17, 15) is 0 Å². The fourth-order valence-electron chi connectivity index (χ4n) is 2.53. The summed E-state index contributed by atoms with van der Waals surface area (Å²) < 4.78 is 16.5. The molecule has 0 radical (unpaired) electrons. The van der Waals surface area contributed by atoms with Crippen LogP contribution in [0.5, 0.6) is 11.5 Å². The highest BCUT2D eigenvalue weighted by atomic mass is 16.7.